The third-order valence-electron chi connectivity index (χ3n) is 6.69. The minimum atomic E-state index is -3.39. The van der Waals surface area contributed by atoms with Crippen LogP contribution in [0.2, 0.25) is 5.02 Å². The maximum absolute atomic E-state index is 14.3. The molecule has 1 saturated heterocycles. The molecule has 1 atom stereocenters. The molecule has 0 radical (unpaired) electrons. The Bertz CT molecular complexity index is 1180. The molecule has 1 aliphatic rings. The number of para-hydroxylation sites is 1. The molecule has 4 aromatic carbocycles. The van der Waals surface area contributed by atoms with Crippen LogP contribution >= 0.6 is 32.4 Å². The second-order valence-corrected chi connectivity index (χ2v) is 17.5. The van der Waals surface area contributed by atoms with Crippen molar-refractivity contribution in [1.29, 1.82) is 0 Å². The molecule has 0 saturated carbocycles. The predicted molar refractivity (Wildman–Crippen MR) is 146 cm³/mol. The van der Waals surface area contributed by atoms with Crippen LogP contribution in [0.25, 0.3) is 0 Å². The average Bonchev–Trinajstić information content (AvgIpc) is 3.27. The molecule has 1 amide bonds. The molecule has 5 rings (SSSR count). The van der Waals surface area contributed by atoms with Crippen molar-refractivity contribution in [3.8, 4) is 0 Å². The van der Waals surface area contributed by atoms with Crippen LogP contribution in [0.4, 0.5) is 5.69 Å². The summed E-state index contributed by atoms with van der Waals surface area (Å²) in [6.07, 6.45) is 0.728. The van der Waals surface area contributed by atoms with E-state index >= 15 is 0 Å². The van der Waals surface area contributed by atoms with Gasteiger partial charge < -0.3 is 0 Å². The fraction of sp³-hybridized carbons (Fsp3) is 0.107. The molecular weight excluding hydrogens is 513 g/mol. The van der Waals surface area contributed by atoms with E-state index in [1.165, 1.54) is 0 Å². The van der Waals surface area contributed by atoms with Gasteiger partial charge in [0.25, 0.3) is 0 Å². The summed E-state index contributed by atoms with van der Waals surface area (Å²) in [6, 6.07) is 39.1. The molecule has 0 N–H and O–H groups in total. The van der Waals surface area contributed by atoms with Crippen LogP contribution in [-0.4, -0.2) is 18.1 Å². The Balaban J connectivity index is 1.81. The standard InChI is InChI=1S/C28H24BrClNOP/c29-33(22-12-4-1-5-13-22,23-14-6-2-7-15-23,24-16-8-3-9-17-24)27-20-21-31(28(27)32)26-19-11-10-18-25(26)30/h1-19,27H,20-21H2. The Labute approximate surface area is 207 Å². The zero-order chi connectivity index (χ0) is 22.9. The van der Waals surface area contributed by atoms with Gasteiger partial charge in [-0.3, -0.25) is 0 Å². The number of hydrogen-bond acceptors (Lipinski definition) is 1. The first-order valence-corrected chi connectivity index (χ1v) is 15.7. The molecule has 33 heavy (non-hydrogen) atoms. The molecule has 5 heteroatoms. The number of amides is 1. The van der Waals surface area contributed by atoms with Crippen LogP contribution in [-0.2, 0) is 4.79 Å². The quantitative estimate of drug-likeness (QED) is 0.275. The zero-order valence-electron chi connectivity index (χ0n) is 18.0. The summed E-state index contributed by atoms with van der Waals surface area (Å²) in [4.78, 5) is 16.2. The second kappa shape index (κ2) is 8.72. The molecule has 1 heterocycles. The molecule has 0 aromatic heterocycles. The Kier molecular flexibility index (Phi) is 5.91. The summed E-state index contributed by atoms with van der Waals surface area (Å²) in [7, 11) is 0. The summed E-state index contributed by atoms with van der Waals surface area (Å²) in [5.74, 6) is 0.106. The maximum atomic E-state index is 14.3. The number of nitrogens with zero attached hydrogens (tertiary/aromatic N) is 1. The fourth-order valence-electron chi connectivity index (χ4n) is 5.17. The Morgan fingerprint density at radius 2 is 1.12 bits per heavy atom. The first kappa shape index (κ1) is 22.3. The summed E-state index contributed by atoms with van der Waals surface area (Å²) >= 11 is 11.0. The van der Waals surface area contributed by atoms with E-state index in [1.54, 1.807) is 0 Å². The van der Waals surface area contributed by atoms with E-state index in [-0.39, 0.29) is 11.6 Å². The van der Waals surface area contributed by atoms with Crippen molar-refractivity contribution in [2.45, 2.75) is 12.1 Å². The van der Waals surface area contributed by atoms with Crippen molar-refractivity contribution in [3.63, 3.8) is 0 Å². The van der Waals surface area contributed by atoms with Gasteiger partial charge in [-0.1, -0.05) is 0 Å². The predicted octanol–water partition coefficient (Wildman–Crippen LogP) is 6.29. The molecule has 4 aromatic rings. The van der Waals surface area contributed by atoms with Gasteiger partial charge in [0.2, 0.25) is 0 Å². The topological polar surface area (TPSA) is 20.3 Å². The number of benzene rings is 4. The molecule has 2 nitrogen and oxygen atoms in total. The van der Waals surface area contributed by atoms with Crippen molar-refractivity contribution in [1.82, 2.24) is 0 Å². The number of carbonyl (C=O) groups is 1. The first-order chi connectivity index (χ1) is 16.1. The van der Waals surface area contributed by atoms with Gasteiger partial charge in [-0.25, -0.2) is 0 Å². The molecule has 1 fully saturated rings. The number of hydrogen-bond donors (Lipinski definition) is 0. The number of halogens is 2. The van der Waals surface area contributed by atoms with E-state index in [4.69, 9.17) is 11.6 Å². The van der Waals surface area contributed by atoms with Gasteiger partial charge in [0, 0.05) is 0 Å². The summed E-state index contributed by atoms with van der Waals surface area (Å²) in [5, 5.41) is 0.663. The molecular formula is C28H24BrClNOP. The van der Waals surface area contributed by atoms with Gasteiger partial charge in [-0.15, -0.1) is 0 Å². The number of rotatable bonds is 5. The monoisotopic (exact) mass is 535 g/mol. The molecule has 0 bridgehead atoms. The molecule has 0 spiro atoms. The zero-order valence-corrected chi connectivity index (χ0v) is 21.3. The van der Waals surface area contributed by atoms with Crippen LogP contribution in [0, 0.1) is 0 Å². The van der Waals surface area contributed by atoms with Crippen LogP contribution < -0.4 is 20.8 Å². The number of anilines is 1. The molecule has 1 aliphatic heterocycles. The van der Waals surface area contributed by atoms with Gasteiger partial charge in [0.05, 0.1) is 0 Å². The van der Waals surface area contributed by atoms with E-state index in [1.807, 2.05) is 47.4 Å². The number of carbonyl (C=O) groups excluding carboxylic acids is 1. The van der Waals surface area contributed by atoms with Gasteiger partial charge in [-0.2, -0.15) is 0 Å². The van der Waals surface area contributed by atoms with E-state index < -0.39 is 5.31 Å². The molecule has 166 valence electrons. The van der Waals surface area contributed by atoms with Crippen LogP contribution in [0.15, 0.2) is 115 Å². The summed E-state index contributed by atoms with van der Waals surface area (Å²) in [6.45, 7) is 0.628. The van der Waals surface area contributed by atoms with Crippen molar-refractivity contribution >= 4 is 59.9 Å². The van der Waals surface area contributed by atoms with Crippen LogP contribution in [0.3, 0.4) is 0 Å². The van der Waals surface area contributed by atoms with Gasteiger partial charge >= 0.3 is 209 Å². The van der Waals surface area contributed by atoms with Gasteiger partial charge in [-0.05, 0) is 0 Å². The molecule has 1 unspecified atom stereocenters. The summed E-state index contributed by atoms with van der Waals surface area (Å²) < 4.78 is 0. The molecule has 0 aliphatic carbocycles. The third kappa shape index (κ3) is 3.37. The second-order valence-electron chi connectivity index (χ2n) is 8.33. The Hall–Kier alpha value is -2.45. The van der Waals surface area contributed by atoms with E-state index in [2.05, 4.69) is 88.3 Å². The van der Waals surface area contributed by atoms with Crippen LogP contribution in [0.1, 0.15) is 6.42 Å². The fourth-order valence-corrected chi connectivity index (χ4v) is 14.1. The van der Waals surface area contributed by atoms with E-state index in [9.17, 15) is 4.79 Å². The van der Waals surface area contributed by atoms with Gasteiger partial charge in [0.15, 0.2) is 0 Å². The average molecular weight is 537 g/mol. The Morgan fingerprint density at radius 3 is 1.58 bits per heavy atom. The first-order valence-electron chi connectivity index (χ1n) is 11.0. The normalized spacial score (nSPS) is 17.5. The van der Waals surface area contributed by atoms with Crippen LogP contribution in [0.5, 0.6) is 0 Å². The van der Waals surface area contributed by atoms with E-state index in [0.717, 1.165) is 28.0 Å². The van der Waals surface area contributed by atoms with Crippen molar-refractivity contribution in [2.24, 2.45) is 0 Å². The van der Waals surface area contributed by atoms with Crippen molar-refractivity contribution < 1.29 is 4.79 Å². The Morgan fingerprint density at radius 1 is 0.697 bits per heavy atom. The van der Waals surface area contributed by atoms with Crippen molar-refractivity contribution in [2.75, 3.05) is 11.4 Å². The minimum absolute atomic E-state index is 0.106. The third-order valence-corrected chi connectivity index (χ3v) is 17.8. The SMILES string of the molecule is O=C1C(P(Br)(c2ccccc2)(c2ccccc2)c2ccccc2)CCN1c1ccccc1Cl. The summed E-state index contributed by atoms with van der Waals surface area (Å²) in [5.41, 5.74) is 0.512. The van der Waals surface area contributed by atoms with Crippen molar-refractivity contribution in [3.05, 3.63) is 120 Å². The van der Waals surface area contributed by atoms with E-state index in [0.29, 0.717) is 11.6 Å². The van der Waals surface area contributed by atoms with Gasteiger partial charge in [0.1, 0.15) is 0 Å².